The lowest BCUT2D eigenvalue weighted by molar-refractivity contribution is 0.0930. The van der Waals surface area contributed by atoms with E-state index in [4.69, 9.17) is 10.5 Å². The van der Waals surface area contributed by atoms with E-state index in [1.54, 1.807) is 13.0 Å². The molecule has 2 aromatic heterocycles. The first kappa shape index (κ1) is 22.7. The van der Waals surface area contributed by atoms with Crippen LogP contribution in [0.25, 0.3) is 22.3 Å². The fourth-order valence-corrected chi connectivity index (χ4v) is 4.83. The van der Waals surface area contributed by atoms with Gasteiger partial charge in [0, 0.05) is 28.9 Å². The number of ether oxygens (including phenoxy) is 1. The Bertz CT molecular complexity index is 1220. The van der Waals surface area contributed by atoms with Gasteiger partial charge in [-0.05, 0) is 62.6 Å². The summed E-state index contributed by atoms with van der Waals surface area (Å²) in [5.74, 6) is 1.05. The van der Waals surface area contributed by atoms with Crippen molar-refractivity contribution in [2.24, 2.45) is 17.6 Å². The van der Waals surface area contributed by atoms with Crippen LogP contribution in [0.3, 0.4) is 0 Å². The fourth-order valence-electron chi connectivity index (χ4n) is 4.83. The van der Waals surface area contributed by atoms with Gasteiger partial charge in [0.1, 0.15) is 23.3 Å². The number of carbonyl (C=O) groups excluding carboxylic acids is 1. The van der Waals surface area contributed by atoms with Gasteiger partial charge in [-0.25, -0.2) is 18.7 Å². The number of nitrogens with one attached hydrogen (secondary N) is 2. The molecule has 180 valence electrons. The van der Waals surface area contributed by atoms with Gasteiger partial charge in [-0.2, -0.15) is 0 Å². The number of aromatic amines is 1. The zero-order valence-corrected chi connectivity index (χ0v) is 19.3. The largest absolute Gasteiger partial charge is 0.493 e. The third-order valence-electron chi connectivity index (χ3n) is 6.92. The molecule has 0 saturated heterocycles. The van der Waals surface area contributed by atoms with Crippen LogP contribution in [0.5, 0.6) is 5.75 Å². The van der Waals surface area contributed by atoms with E-state index in [-0.39, 0.29) is 29.5 Å². The summed E-state index contributed by atoms with van der Waals surface area (Å²) in [4.78, 5) is 25.2. The van der Waals surface area contributed by atoms with Crippen molar-refractivity contribution in [1.29, 1.82) is 0 Å². The fraction of sp³-hybridized carbons (Fsp3) is 0.480. The number of H-pyrrole nitrogens is 1. The monoisotopic (exact) mass is 469 g/mol. The molecule has 1 aromatic carbocycles. The van der Waals surface area contributed by atoms with Crippen molar-refractivity contribution in [2.45, 2.75) is 58.0 Å². The summed E-state index contributed by atoms with van der Waals surface area (Å²) in [6, 6.07) is 4.43. The first-order valence-electron chi connectivity index (χ1n) is 11.8. The third-order valence-corrected chi connectivity index (χ3v) is 6.92. The topological polar surface area (TPSA) is 106 Å². The van der Waals surface area contributed by atoms with Gasteiger partial charge in [-0.15, -0.1) is 0 Å². The van der Waals surface area contributed by atoms with Gasteiger partial charge in [0.25, 0.3) is 12.3 Å². The highest BCUT2D eigenvalue weighted by Crippen LogP contribution is 2.38. The molecule has 5 rings (SSSR count). The van der Waals surface area contributed by atoms with Gasteiger partial charge in [-0.3, -0.25) is 4.79 Å². The van der Waals surface area contributed by atoms with Crippen LogP contribution in [0, 0.1) is 18.8 Å². The van der Waals surface area contributed by atoms with Crippen molar-refractivity contribution < 1.29 is 18.3 Å². The predicted molar refractivity (Wildman–Crippen MR) is 125 cm³/mol. The molecule has 9 heteroatoms. The van der Waals surface area contributed by atoms with Crippen molar-refractivity contribution in [3.05, 3.63) is 41.3 Å². The number of benzene rings is 1. The summed E-state index contributed by atoms with van der Waals surface area (Å²) in [6.07, 6.45) is 2.56. The number of rotatable bonds is 7. The van der Waals surface area contributed by atoms with E-state index in [0.29, 0.717) is 51.8 Å². The average molecular weight is 470 g/mol. The molecule has 2 aliphatic rings. The number of hydrogen-bond acceptors (Lipinski definition) is 5. The highest BCUT2D eigenvalue weighted by atomic mass is 19.3. The third kappa shape index (κ3) is 4.36. The van der Waals surface area contributed by atoms with Gasteiger partial charge in [-0.1, -0.05) is 6.92 Å². The number of hydrogen-bond donors (Lipinski definition) is 3. The summed E-state index contributed by atoms with van der Waals surface area (Å²) < 4.78 is 33.0. The van der Waals surface area contributed by atoms with Crippen molar-refractivity contribution in [2.75, 3.05) is 6.61 Å². The number of alkyl halides is 2. The second kappa shape index (κ2) is 8.94. The lowest BCUT2D eigenvalue weighted by atomic mass is 10.0. The Morgan fingerprint density at radius 3 is 2.76 bits per heavy atom. The molecule has 7 nitrogen and oxygen atoms in total. The van der Waals surface area contributed by atoms with Gasteiger partial charge < -0.3 is 20.8 Å². The molecule has 0 bridgehead atoms. The van der Waals surface area contributed by atoms with Gasteiger partial charge in [0.15, 0.2) is 0 Å². The normalized spacial score (nSPS) is 22.5. The quantitative estimate of drug-likeness (QED) is 0.472. The maximum atomic E-state index is 13.5. The first-order valence-corrected chi connectivity index (χ1v) is 11.8. The number of carbonyl (C=O) groups is 1. The van der Waals surface area contributed by atoms with Gasteiger partial charge in [0.2, 0.25) is 0 Å². The summed E-state index contributed by atoms with van der Waals surface area (Å²) in [5.41, 5.74) is 8.86. The highest BCUT2D eigenvalue weighted by Gasteiger charge is 2.32. The number of nitrogens with two attached hydrogens (primary N) is 1. The van der Waals surface area contributed by atoms with Crippen LogP contribution in [0.1, 0.15) is 60.6 Å². The number of amides is 1. The minimum Gasteiger partial charge on any atom is -0.493 e. The van der Waals surface area contributed by atoms with Crippen LogP contribution in [-0.2, 0) is 0 Å². The van der Waals surface area contributed by atoms with Gasteiger partial charge in [0.05, 0.1) is 17.7 Å². The molecule has 2 fully saturated rings. The minimum atomic E-state index is -2.62. The lowest BCUT2D eigenvalue weighted by Gasteiger charge is -2.17. The molecule has 2 saturated carbocycles. The Kier molecular flexibility index (Phi) is 5.97. The number of nitrogens with zero attached hydrogens (tertiary/aromatic N) is 2. The van der Waals surface area contributed by atoms with Crippen LogP contribution in [-0.4, -0.2) is 39.5 Å². The van der Waals surface area contributed by atoms with E-state index in [9.17, 15) is 13.6 Å². The van der Waals surface area contributed by atoms with Crippen LogP contribution in [0.15, 0.2) is 24.5 Å². The molecular weight excluding hydrogens is 440 g/mol. The summed E-state index contributed by atoms with van der Waals surface area (Å²) >= 11 is 0. The molecule has 34 heavy (non-hydrogen) atoms. The zero-order chi connectivity index (χ0) is 24.0. The van der Waals surface area contributed by atoms with Crippen molar-refractivity contribution in [3.8, 4) is 17.0 Å². The van der Waals surface area contributed by atoms with Crippen LogP contribution in [0.2, 0.25) is 0 Å². The zero-order valence-electron chi connectivity index (χ0n) is 19.3. The molecule has 0 spiro atoms. The Hall–Kier alpha value is -3.07. The van der Waals surface area contributed by atoms with Crippen LogP contribution in [0.4, 0.5) is 8.78 Å². The van der Waals surface area contributed by atoms with E-state index in [1.807, 2.05) is 0 Å². The maximum Gasteiger partial charge on any atom is 0.263 e. The highest BCUT2D eigenvalue weighted by molar-refractivity contribution is 6.09. The average Bonchev–Trinajstić information content (AvgIpc) is 3.48. The second-order valence-electron chi connectivity index (χ2n) is 9.67. The Balaban J connectivity index is 1.54. The Morgan fingerprint density at radius 2 is 2.09 bits per heavy atom. The number of aryl methyl sites for hydroxylation is 1. The second-order valence-corrected chi connectivity index (χ2v) is 9.67. The smallest absolute Gasteiger partial charge is 0.263 e. The molecule has 3 atom stereocenters. The van der Waals surface area contributed by atoms with Crippen molar-refractivity contribution >= 4 is 16.9 Å². The van der Waals surface area contributed by atoms with E-state index in [0.717, 1.165) is 25.7 Å². The molecule has 0 unspecified atom stereocenters. The van der Waals surface area contributed by atoms with Crippen molar-refractivity contribution in [1.82, 2.24) is 20.3 Å². The molecule has 0 radical (unpaired) electrons. The molecule has 4 N–H and O–H groups in total. The summed E-state index contributed by atoms with van der Waals surface area (Å²) in [7, 11) is 0. The summed E-state index contributed by atoms with van der Waals surface area (Å²) in [5, 5.41) is 3.11. The number of fused-ring (bicyclic) bond motifs is 1. The van der Waals surface area contributed by atoms with Crippen LogP contribution >= 0.6 is 0 Å². The van der Waals surface area contributed by atoms with Gasteiger partial charge >= 0.3 is 0 Å². The molecule has 2 aliphatic carbocycles. The van der Waals surface area contributed by atoms with E-state index in [1.165, 1.54) is 18.5 Å². The molecule has 2 heterocycles. The van der Waals surface area contributed by atoms with E-state index >= 15 is 0 Å². The van der Waals surface area contributed by atoms with E-state index < -0.39 is 6.43 Å². The number of halogens is 2. The predicted octanol–water partition coefficient (Wildman–Crippen LogP) is 4.52. The number of aromatic nitrogens is 3. The molecule has 1 amide bonds. The van der Waals surface area contributed by atoms with E-state index in [2.05, 4.69) is 27.2 Å². The Morgan fingerprint density at radius 1 is 1.29 bits per heavy atom. The SMILES string of the molecule is Cc1[nH]c2c(-c3cc(C(F)F)ccc3OCC3CC3)ncnc2c1C(=O)N[C@@H]1C[C@@H](N)C[C@H]1C. The Labute approximate surface area is 196 Å². The first-order chi connectivity index (χ1) is 16.3. The summed E-state index contributed by atoms with van der Waals surface area (Å²) in [6.45, 7) is 4.41. The minimum absolute atomic E-state index is 0.00157. The standard InChI is InChI=1S/C25H29F2N5O2/c1-12-7-16(28)9-18(12)32-25(33)20-13(2)31-23-21(29-11-30-22(20)23)17-8-15(24(26)27)5-6-19(17)34-10-14-3-4-14/h5-6,8,11-12,14,16,18,24,31H,3-4,7,9-10,28H2,1-2H3,(H,32,33)/t12-,16+,18-/m1/s1. The maximum absolute atomic E-state index is 13.5. The lowest BCUT2D eigenvalue weighted by Crippen LogP contribution is -2.37. The molecular formula is C25H29F2N5O2. The molecule has 0 aliphatic heterocycles. The molecule has 3 aromatic rings. The van der Waals surface area contributed by atoms with Crippen LogP contribution < -0.4 is 15.8 Å². The van der Waals surface area contributed by atoms with Crippen molar-refractivity contribution in [3.63, 3.8) is 0 Å².